The fraction of sp³-hybridized carbons (Fsp3) is 0.500. The number of benzene rings is 1. The van der Waals surface area contributed by atoms with E-state index in [2.05, 4.69) is 10.2 Å². The first kappa shape index (κ1) is 14.0. The summed E-state index contributed by atoms with van der Waals surface area (Å²) in [4.78, 5) is 12.5. The molecule has 1 fully saturated rings. The summed E-state index contributed by atoms with van der Waals surface area (Å²) >= 11 is 5.69. The van der Waals surface area contributed by atoms with Gasteiger partial charge < -0.3 is 10.2 Å². The molecule has 0 aromatic heterocycles. The summed E-state index contributed by atoms with van der Waals surface area (Å²) in [6, 6.07) is 2.30. The number of nitro benzene ring substituents is 1. The maximum absolute atomic E-state index is 13.3. The van der Waals surface area contributed by atoms with E-state index in [0.717, 1.165) is 32.0 Å². The molecule has 0 aliphatic carbocycles. The first-order valence-corrected chi connectivity index (χ1v) is 6.43. The number of likely N-dealkylation sites (tertiary alicyclic amines) is 1. The van der Waals surface area contributed by atoms with E-state index < -0.39 is 10.7 Å². The molecule has 7 heteroatoms. The summed E-state index contributed by atoms with van der Waals surface area (Å²) in [5.41, 5.74) is 0.00628. The van der Waals surface area contributed by atoms with Gasteiger partial charge in [-0.15, -0.1) is 0 Å². The van der Waals surface area contributed by atoms with Crippen LogP contribution in [0.5, 0.6) is 0 Å². The van der Waals surface area contributed by atoms with E-state index in [1.54, 1.807) is 0 Å². The Morgan fingerprint density at radius 2 is 2.11 bits per heavy atom. The Hall–Kier alpha value is -1.40. The van der Waals surface area contributed by atoms with Gasteiger partial charge in [-0.2, -0.15) is 0 Å². The molecule has 0 saturated carbocycles. The molecule has 0 amide bonds. The largest absolute Gasteiger partial charge is 0.377 e. The predicted molar refractivity (Wildman–Crippen MR) is 72.2 cm³/mol. The number of nitrogens with one attached hydrogen (secondary N) is 1. The van der Waals surface area contributed by atoms with E-state index >= 15 is 0 Å². The lowest BCUT2D eigenvalue weighted by atomic mass is 10.0. The third-order valence-corrected chi connectivity index (χ3v) is 3.60. The second kappa shape index (κ2) is 5.71. The number of nitrogens with zero attached hydrogens (tertiary/aromatic N) is 2. The lowest BCUT2D eigenvalue weighted by Crippen LogP contribution is -2.36. The zero-order chi connectivity index (χ0) is 14.0. The van der Waals surface area contributed by atoms with E-state index in [0.29, 0.717) is 0 Å². The molecule has 1 heterocycles. The van der Waals surface area contributed by atoms with Crippen molar-refractivity contribution in [3.63, 3.8) is 0 Å². The molecule has 19 heavy (non-hydrogen) atoms. The molecule has 1 aromatic carbocycles. The third kappa shape index (κ3) is 3.33. The van der Waals surface area contributed by atoms with Crippen molar-refractivity contribution in [2.75, 3.05) is 25.5 Å². The molecule has 0 unspecified atom stereocenters. The van der Waals surface area contributed by atoms with E-state index in [9.17, 15) is 14.5 Å². The molecule has 1 N–H and O–H groups in total. The fourth-order valence-electron chi connectivity index (χ4n) is 2.18. The van der Waals surface area contributed by atoms with Gasteiger partial charge in [0.05, 0.1) is 16.0 Å². The number of hydrogen-bond donors (Lipinski definition) is 1. The number of piperidine rings is 1. The molecule has 1 saturated heterocycles. The Morgan fingerprint density at radius 1 is 1.47 bits per heavy atom. The van der Waals surface area contributed by atoms with Crippen LogP contribution >= 0.6 is 11.6 Å². The highest BCUT2D eigenvalue weighted by Crippen LogP contribution is 2.31. The standard InChI is InChI=1S/C12H15ClFN3O2/c1-16-4-2-8(3-5-16)15-11-6-9(13)10(14)7-12(11)17(18)19/h6-8,15H,2-5H2,1H3. The van der Waals surface area contributed by atoms with Gasteiger partial charge in [0.25, 0.3) is 5.69 Å². The Morgan fingerprint density at radius 3 is 2.68 bits per heavy atom. The number of rotatable bonds is 3. The minimum atomic E-state index is -0.776. The van der Waals surface area contributed by atoms with E-state index in [1.807, 2.05) is 7.05 Å². The summed E-state index contributed by atoms with van der Waals surface area (Å²) in [5.74, 6) is -0.776. The topological polar surface area (TPSA) is 58.4 Å². The summed E-state index contributed by atoms with van der Waals surface area (Å²) in [6.45, 7) is 1.86. The molecule has 0 radical (unpaired) electrons. The van der Waals surface area contributed by atoms with Crippen LogP contribution in [0.2, 0.25) is 5.02 Å². The lowest BCUT2D eigenvalue weighted by molar-refractivity contribution is -0.384. The zero-order valence-corrected chi connectivity index (χ0v) is 11.3. The van der Waals surface area contributed by atoms with Crippen LogP contribution in [0.3, 0.4) is 0 Å². The van der Waals surface area contributed by atoms with Gasteiger partial charge in [-0.3, -0.25) is 10.1 Å². The van der Waals surface area contributed by atoms with Crippen LogP contribution in [-0.4, -0.2) is 36.0 Å². The first-order valence-electron chi connectivity index (χ1n) is 6.06. The van der Waals surface area contributed by atoms with Gasteiger partial charge in [0.2, 0.25) is 0 Å². The van der Waals surface area contributed by atoms with Crippen LogP contribution in [0.1, 0.15) is 12.8 Å². The second-order valence-electron chi connectivity index (χ2n) is 4.76. The average molecular weight is 288 g/mol. The van der Waals surface area contributed by atoms with Crippen LogP contribution in [0.4, 0.5) is 15.8 Å². The number of hydrogen-bond acceptors (Lipinski definition) is 4. The lowest BCUT2D eigenvalue weighted by Gasteiger charge is -2.30. The van der Waals surface area contributed by atoms with Gasteiger partial charge in [-0.25, -0.2) is 4.39 Å². The number of anilines is 1. The Bertz CT molecular complexity index is 490. The van der Waals surface area contributed by atoms with Crippen molar-refractivity contribution < 1.29 is 9.31 Å². The molecule has 104 valence electrons. The van der Waals surface area contributed by atoms with Gasteiger partial charge >= 0.3 is 0 Å². The monoisotopic (exact) mass is 287 g/mol. The number of nitro groups is 1. The van der Waals surface area contributed by atoms with Crippen LogP contribution < -0.4 is 5.32 Å². The van der Waals surface area contributed by atoms with Gasteiger partial charge in [-0.05, 0) is 39.0 Å². The molecule has 0 bridgehead atoms. The van der Waals surface area contributed by atoms with Crippen LogP contribution in [-0.2, 0) is 0 Å². The minimum Gasteiger partial charge on any atom is -0.377 e. The van der Waals surface area contributed by atoms with Gasteiger partial charge in [-0.1, -0.05) is 11.6 Å². The van der Waals surface area contributed by atoms with Gasteiger partial charge in [0.15, 0.2) is 0 Å². The van der Waals surface area contributed by atoms with Gasteiger partial charge in [0.1, 0.15) is 11.5 Å². The SMILES string of the molecule is CN1CCC(Nc2cc(Cl)c(F)cc2[N+](=O)[O-])CC1. The maximum Gasteiger partial charge on any atom is 0.295 e. The van der Waals surface area contributed by atoms with Crippen LogP contribution in [0.25, 0.3) is 0 Å². The molecule has 0 spiro atoms. The molecule has 1 aliphatic heterocycles. The second-order valence-corrected chi connectivity index (χ2v) is 5.17. The van der Waals surface area contributed by atoms with Crippen molar-refractivity contribution in [1.82, 2.24) is 4.90 Å². The Labute approximate surface area is 115 Å². The average Bonchev–Trinajstić information content (AvgIpc) is 2.36. The van der Waals surface area contributed by atoms with Crippen molar-refractivity contribution in [2.24, 2.45) is 0 Å². The summed E-state index contributed by atoms with van der Waals surface area (Å²) in [5, 5.41) is 13.9. The Balaban J connectivity index is 2.19. The highest BCUT2D eigenvalue weighted by molar-refractivity contribution is 6.31. The van der Waals surface area contributed by atoms with Crippen molar-refractivity contribution in [3.05, 3.63) is 33.1 Å². The quantitative estimate of drug-likeness (QED) is 0.686. The zero-order valence-electron chi connectivity index (χ0n) is 10.5. The highest BCUT2D eigenvalue weighted by atomic mass is 35.5. The third-order valence-electron chi connectivity index (χ3n) is 3.31. The number of halogens is 2. The van der Waals surface area contributed by atoms with E-state index in [-0.39, 0.29) is 22.4 Å². The molecule has 2 rings (SSSR count). The van der Waals surface area contributed by atoms with Crippen LogP contribution in [0, 0.1) is 15.9 Å². The molecule has 1 aromatic rings. The van der Waals surface area contributed by atoms with Crippen molar-refractivity contribution in [2.45, 2.75) is 18.9 Å². The molecule has 0 atom stereocenters. The predicted octanol–water partition coefficient (Wildman–Crippen LogP) is 2.89. The summed E-state index contributed by atoms with van der Waals surface area (Å²) in [6.07, 6.45) is 1.78. The van der Waals surface area contributed by atoms with Crippen molar-refractivity contribution in [1.29, 1.82) is 0 Å². The van der Waals surface area contributed by atoms with Crippen molar-refractivity contribution in [3.8, 4) is 0 Å². The fourth-order valence-corrected chi connectivity index (χ4v) is 2.34. The smallest absolute Gasteiger partial charge is 0.295 e. The normalized spacial score (nSPS) is 17.4. The maximum atomic E-state index is 13.3. The van der Waals surface area contributed by atoms with Crippen molar-refractivity contribution >= 4 is 23.0 Å². The Kier molecular flexibility index (Phi) is 4.21. The van der Waals surface area contributed by atoms with Gasteiger partial charge in [0, 0.05) is 6.04 Å². The van der Waals surface area contributed by atoms with E-state index in [4.69, 9.17) is 11.6 Å². The summed E-state index contributed by atoms with van der Waals surface area (Å²) in [7, 11) is 2.04. The van der Waals surface area contributed by atoms with Crippen LogP contribution in [0.15, 0.2) is 12.1 Å². The molecule has 5 nitrogen and oxygen atoms in total. The molecule has 1 aliphatic rings. The molecular weight excluding hydrogens is 273 g/mol. The minimum absolute atomic E-state index is 0.110. The highest BCUT2D eigenvalue weighted by Gasteiger charge is 2.22. The first-order chi connectivity index (χ1) is 8.97. The summed E-state index contributed by atoms with van der Waals surface area (Å²) < 4.78 is 13.3. The molecular formula is C12H15ClFN3O2. The van der Waals surface area contributed by atoms with E-state index in [1.165, 1.54) is 6.07 Å².